The lowest BCUT2D eigenvalue weighted by Crippen LogP contribution is -2.27. The lowest BCUT2D eigenvalue weighted by molar-refractivity contribution is -0.116. The second-order valence-electron chi connectivity index (χ2n) is 3.95. The molecule has 1 aromatic heterocycles. The number of hydrogen-bond donors (Lipinski definition) is 0. The number of hydrogen-bond acceptors (Lipinski definition) is 2. The standard InChI is InChI=1S/C14H13ClN2O/c1-11(18)17(10-12-4-3-7-16-9-12)14-6-2-5-13(15)8-14/h2-9H,10H2,1H3. The first-order valence-corrected chi connectivity index (χ1v) is 5.97. The summed E-state index contributed by atoms with van der Waals surface area (Å²) in [4.78, 5) is 17.4. The van der Waals surface area contributed by atoms with E-state index in [2.05, 4.69) is 4.98 Å². The van der Waals surface area contributed by atoms with Gasteiger partial charge in [0.05, 0.1) is 6.54 Å². The fourth-order valence-electron chi connectivity index (χ4n) is 1.70. The van der Waals surface area contributed by atoms with E-state index in [-0.39, 0.29) is 5.91 Å². The normalized spacial score (nSPS) is 10.1. The van der Waals surface area contributed by atoms with Gasteiger partial charge in [-0.2, -0.15) is 0 Å². The van der Waals surface area contributed by atoms with E-state index in [4.69, 9.17) is 11.6 Å². The molecule has 0 saturated carbocycles. The first-order valence-electron chi connectivity index (χ1n) is 5.59. The molecule has 0 aliphatic rings. The fourth-order valence-corrected chi connectivity index (χ4v) is 1.89. The van der Waals surface area contributed by atoms with Crippen molar-refractivity contribution < 1.29 is 4.79 Å². The van der Waals surface area contributed by atoms with Crippen LogP contribution >= 0.6 is 11.6 Å². The third-order valence-corrected chi connectivity index (χ3v) is 2.80. The summed E-state index contributed by atoms with van der Waals surface area (Å²) in [5, 5.41) is 0.616. The topological polar surface area (TPSA) is 33.2 Å². The van der Waals surface area contributed by atoms with Gasteiger partial charge in [-0.05, 0) is 29.8 Å². The van der Waals surface area contributed by atoms with Gasteiger partial charge in [-0.15, -0.1) is 0 Å². The Morgan fingerprint density at radius 3 is 2.78 bits per heavy atom. The average Bonchev–Trinajstić information content (AvgIpc) is 2.37. The molecule has 0 saturated heterocycles. The number of benzene rings is 1. The van der Waals surface area contributed by atoms with E-state index >= 15 is 0 Å². The number of anilines is 1. The van der Waals surface area contributed by atoms with E-state index in [1.54, 1.807) is 29.4 Å². The summed E-state index contributed by atoms with van der Waals surface area (Å²) >= 11 is 5.95. The zero-order valence-corrected chi connectivity index (χ0v) is 10.8. The first-order chi connectivity index (χ1) is 8.66. The van der Waals surface area contributed by atoms with Crippen molar-refractivity contribution in [1.29, 1.82) is 0 Å². The molecule has 1 heterocycles. The molecule has 0 atom stereocenters. The number of carbonyl (C=O) groups is 1. The molecule has 2 aromatic rings. The lowest BCUT2D eigenvalue weighted by atomic mass is 10.2. The van der Waals surface area contributed by atoms with Crippen LogP contribution in [0.2, 0.25) is 5.02 Å². The van der Waals surface area contributed by atoms with Crippen LogP contribution in [0, 0.1) is 0 Å². The van der Waals surface area contributed by atoms with Crippen molar-refractivity contribution in [3.8, 4) is 0 Å². The van der Waals surface area contributed by atoms with Crippen LogP contribution < -0.4 is 4.90 Å². The summed E-state index contributed by atoms with van der Waals surface area (Å²) < 4.78 is 0. The van der Waals surface area contributed by atoms with Crippen molar-refractivity contribution in [2.75, 3.05) is 4.90 Å². The van der Waals surface area contributed by atoms with Crippen LogP contribution in [0.25, 0.3) is 0 Å². The predicted octanol–water partition coefficient (Wildman–Crippen LogP) is 3.29. The molecule has 0 aliphatic heterocycles. The molecule has 1 amide bonds. The minimum Gasteiger partial charge on any atom is -0.308 e. The van der Waals surface area contributed by atoms with Crippen LogP contribution in [-0.4, -0.2) is 10.9 Å². The maximum absolute atomic E-state index is 11.7. The predicted molar refractivity (Wildman–Crippen MR) is 72.6 cm³/mol. The highest BCUT2D eigenvalue weighted by atomic mass is 35.5. The molecule has 0 spiro atoms. The quantitative estimate of drug-likeness (QED) is 0.848. The van der Waals surface area contributed by atoms with E-state index in [0.29, 0.717) is 11.6 Å². The van der Waals surface area contributed by atoms with Crippen molar-refractivity contribution in [2.45, 2.75) is 13.5 Å². The summed E-state index contributed by atoms with van der Waals surface area (Å²) in [5.41, 5.74) is 1.77. The number of halogens is 1. The maximum atomic E-state index is 11.7. The zero-order chi connectivity index (χ0) is 13.0. The SMILES string of the molecule is CC(=O)N(Cc1cccnc1)c1cccc(Cl)c1. The molecule has 2 rings (SSSR count). The fraction of sp³-hybridized carbons (Fsp3) is 0.143. The van der Waals surface area contributed by atoms with Gasteiger partial charge in [-0.1, -0.05) is 23.7 Å². The van der Waals surface area contributed by atoms with Crippen molar-refractivity contribution in [3.05, 3.63) is 59.4 Å². The van der Waals surface area contributed by atoms with Crippen LogP contribution in [0.3, 0.4) is 0 Å². The van der Waals surface area contributed by atoms with Gasteiger partial charge < -0.3 is 4.90 Å². The number of rotatable bonds is 3. The van der Waals surface area contributed by atoms with E-state index in [9.17, 15) is 4.79 Å². The van der Waals surface area contributed by atoms with Gasteiger partial charge in [-0.3, -0.25) is 9.78 Å². The highest BCUT2D eigenvalue weighted by Crippen LogP contribution is 2.21. The molecule has 0 fully saturated rings. The van der Waals surface area contributed by atoms with E-state index < -0.39 is 0 Å². The Labute approximate surface area is 111 Å². The summed E-state index contributed by atoms with van der Waals surface area (Å²) in [6.07, 6.45) is 3.46. The molecule has 0 N–H and O–H groups in total. The van der Waals surface area contributed by atoms with E-state index in [0.717, 1.165) is 11.3 Å². The Morgan fingerprint density at radius 1 is 1.33 bits per heavy atom. The van der Waals surface area contributed by atoms with Crippen LogP contribution in [0.15, 0.2) is 48.8 Å². The smallest absolute Gasteiger partial charge is 0.224 e. The highest BCUT2D eigenvalue weighted by molar-refractivity contribution is 6.30. The third kappa shape index (κ3) is 3.08. The van der Waals surface area contributed by atoms with Gasteiger partial charge in [-0.25, -0.2) is 0 Å². The molecule has 3 nitrogen and oxygen atoms in total. The molecular formula is C14H13ClN2O. The molecule has 92 valence electrons. The molecular weight excluding hydrogens is 248 g/mol. The highest BCUT2D eigenvalue weighted by Gasteiger charge is 2.12. The molecule has 0 aliphatic carbocycles. The largest absolute Gasteiger partial charge is 0.308 e. The number of carbonyl (C=O) groups excluding carboxylic acids is 1. The van der Waals surface area contributed by atoms with Crippen molar-refractivity contribution in [2.24, 2.45) is 0 Å². The Balaban J connectivity index is 2.27. The second kappa shape index (κ2) is 5.65. The van der Waals surface area contributed by atoms with Gasteiger partial charge in [0.25, 0.3) is 0 Å². The van der Waals surface area contributed by atoms with Crippen molar-refractivity contribution >= 4 is 23.2 Å². The average molecular weight is 261 g/mol. The van der Waals surface area contributed by atoms with Gasteiger partial charge >= 0.3 is 0 Å². The van der Waals surface area contributed by atoms with Crippen LogP contribution in [0.1, 0.15) is 12.5 Å². The van der Waals surface area contributed by atoms with Gasteiger partial charge in [0.15, 0.2) is 0 Å². The number of aromatic nitrogens is 1. The minimum absolute atomic E-state index is 0.0267. The molecule has 4 heteroatoms. The summed E-state index contributed by atoms with van der Waals surface area (Å²) in [6.45, 7) is 2.03. The van der Waals surface area contributed by atoms with Crippen LogP contribution in [0.4, 0.5) is 5.69 Å². The number of amides is 1. The van der Waals surface area contributed by atoms with Gasteiger partial charge in [0, 0.05) is 30.0 Å². The maximum Gasteiger partial charge on any atom is 0.224 e. The van der Waals surface area contributed by atoms with Gasteiger partial charge in [0.2, 0.25) is 5.91 Å². The van der Waals surface area contributed by atoms with Crippen molar-refractivity contribution in [3.63, 3.8) is 0 Å². The number of pyridine rings is 1. The lowest BCUT2D eigenvalue weighted by Gasteiger charge is -2.21. The Kier molecular flexibility index (Phi) is 3.95. The van der Waals surface area contributed by atoms with Crippen LogP contribution in [-0.2, 0) is 11.3 Å². The Bertz CT molecular complexity index is 543. The van der Waals surface area contributed by atoms with Gasteiger partial charge in [0.1, 0.15) is 0 Å². The summed E-state index contributed by atoms with van der Waals surface area (Å²) in [7, 11) is 0. The van der Waals surface area contributed by atoms with Crippen molar-refractivity contribution in [1.82, 2.24) is 4.98 Å². The summed E-state index contributed by atoms with van der Waals surface area (Å²) in [6, 6.07) is 11.0. The molecule has 0 unspecified atom stereocenters. The summed E-state index contributed by atoms with van der Waals surface area (Å²) in [5.74, 6) is -0.0267. The minimum atomic E-state index is -0.0267. The zero-order valence-electron chi connectivity index (χ0n) is 10.0. The van der Waals surface area contributed by atoms with E-state index in [1.165, 1.54) is 6.92 Å². The molecule has 18 heavy (non-hydrogen) atoms. The Hall–Kier alpha value is -1.87. The molecule has 1 aromatic carbocycles. The third-order valence-electron chi connectivity index (χ3n) is 2.56. The molecule has 0 bridgehead atoms. The molecule has 0 radical (unpaired) electrons. The number of nitrogens with zero attached hydrogens (tertiary/aromatic N) is 2. The second-order valence-corrected chi connectivity index (χ2v) is 4.38. The van der Waals surface area contributed by atoms with Crippen LogP contribution in [0.5, 0.6) is 0 Å². The Morgan fingerprint density at radius 2 is 2.17 bits per heavy atom. The van der Waals surface area contributed by atoms with E-state index in [1.807, 2.05) is 24.3 Å². The first kappa shape index (κ1) is 12.6. The monoisotopic (exact) mass is 260 g/mol.